The van der Waals surface area contributed by atoms with E-state index in [2.05, 4.69) is 20.1 Å². The lowest BCUT2D eigenvalue weighted by Gasteiger charge is -1.97. The molecule has 0 aromatic carbocycles. The fraction of sp³-hybridized carbons (Fsp3) is 0.615. The molecule has 0 amide bonds. The van der Waals surface area contributed by atoms with Crippen molar-refractivity contribution in [2.24, 2.45) is 0 Å². The Morgan fingerprint density at radius 2 is 1.53 bits per heavy atom. The second kappa shape index (κ2) is 15.4. The van der Waals surface area contributed by atoms with Gasteiger partial charge >= 0.3 is 5.97 Å². The molecule has 0 radical (unpaired) electrons. The second-order valence-electron chi connectivity index (χ2n) is 3.38. The predicted molar refractivity (Wildman–Crippen MR) is 66.0 cm³/mol. The van der Waals surface area contributed by atoms with Crippen LogP contribution >= 0.6 is 0 Å². The van der Waals surface area contributed by atoms with E-state index < -0.39 is 5.97 Å². The Bertz CT molecular complexity index is 156. The van der Waals surface area contributed by atoms with E-state index in [1.165, 1.54) is 25.7 Å². The molecule has 2 heteroatoms. The van der Waals surface area contributed by atoms with Crippen LogP contribution in [0.15, 0.2) is 25.3 Å². The number of hydrogen-bond acceptors (Lipinski definition) is 1. The lowest BCUT2D eigenvalue weighted by atomic mass is 10.1. The van der Waals surface area contributed by atoms with Crippen LogP contribution in [0.1, 0.15) is 51.9 Å². The van der Waals surface area contributed by atoms with E-state index in [0.717, 1.165) is 12.8 Å². The van der Waals surface area contributed by atoms with Crippen LogP contribution in [0.5, 0.6) is 0 Å². The van der Waals surface area contributed by atoms with Crippen LogP contribution in [-0.4, -0.2) is 11.1 Å². The van der Waals surface area contributed by atoms with Crippen LogP contribution in [0.2, 0.25) is 0 Å². The van der Waals surface area contributed by atoms with Gasteiger partial charge < -0.3 is 5.11 Å². The van der Waals surface area contributed by atoms with Crippen LogP contribution in [0, 0.1) is 0 Å². The third-order valence-electron chi connectivity index (χ3n) is 1.91. The number of carboxylic acids is 1. The van der Waals surface area contributed by atoms with E-state index >= 15 is 0 Å². The number of unbranched alkanes of at least 4 members (excludes halogenated alkanes) is 5. The van der Waals surface area contributed by atoms with Crippen molar-refractivity contribution >= 4 is 5.97 Å². The van der Waals surface area contributed by atoms with E-state index in [1.54, 1.807) is 12.2 Å². The highest BCUT2D eigenvalue weighted by molar-refractivity contribution is 5.66. The van der Waals surface area contributed by atoms with Gasteiger partial charge in [0.1, 0.15) is 0 Å². The van der Waals surface area contributed by atoms with Crippen molar-refractivity contribution in [3.8, 4) is 0 Å². The summed E-state index contributed by atoms with van der Waals surface area (Å²) in [5.74, 6) is -0.666. The minimum Gasteiger partial charge on any atom is -0.481 e. The minimum atomic E-state index is -0.666. The smallest absolute Gasteiger partial charge is 0.303 e. The molecule has 0 aromatic heterocycles. The maximum Gasteiger partial charge on any atom is 0.303 e. The van der Waals surface area contributed by atoms with Crippen molar-refractivity contribution in [1.29, 1.82) is 0 Å². The lowest BCUT2D eigenvalue weighted by molar-refractivity contribution is -0.137. The molecule has 0 spiro atoms. The van der Waals surface area contributed by atoms with Crippen molar-refractivity contribution in [2.45, 2.75) is 51.9 Å². The predicted octanol–water partition coefficient (Wildman–Crippen LogP) is 4.18. The molecule has 88 valence electrons. The first-order valence-corrected chi connectivity index (χ1v) is 5.64. The lowest BCUT2D eigenvalue weighted by Crippen LogP contribution is -1.93. The van der Waals surface area contributed by atoms with E-state index in [-0.39, 0.29) is 0 Å². The molecule has 2 nitrogen and oxygen atoms in total. The Morgan fingerprint density at radius 1 is 1.07 bits per heavy atom. The van der Waals surface area contributed by atoms with Gasteiger partial charge in [0.05, 0.1) is 0 Å². The Morgan fingerprint density at radius 3 is 1.93 bits per heavy atom. The first kappa shape index (κ1) is 16.4. The average Bonchev–Trinajstić information content (AvgIpc) is 2.23. The molecule has 0 fully saturated rings. The molecule has 0 atom stereocenters. The zero-order chi connectivity index (χ0) is 11.9. The molecule has 0 aliphatic carbocycles. The highest BCUT2D eigenvalue weighted by atomic mass is 16.4. The molecule has 1 N–H and O–H groups in total. The Hall–Kier alpha value is -1.05. The number of aliphatic carboxylic acids is 1. The van der Waals surface area contributed by atoms with Crippen molar-refractivity contribution < 1.29 is 9.90 Å². The first-order chi connectivity index (χ1) is 7.18. The Labute approximate surface area is 93.7 Å². The number of hydrogen-bond donors (Lipinski definition) is 1. The van der Waals surface area contributed by atoms with Crippen LogP contribution in [0.3, 0.4) is 0 Å². The summed E-state index contributed by atoms with van der Waals surface area (Å²) in [4.78, 5) is 10.1. The van der Waals surface area contributed by atoms with Gasteiger partial charge in [0.2, 0.25) is 0 Å². The molecular formula is C13H24O2. The summed E-state index contributed by atoms with van der Waals surface area (Å²) >= 11 is 0. The second-order valence-corrected chi connectivity index (χ2v) is 3.38. The van der Waals surface area contributed by atoms with Crippen LogP contribution in [-0.2, 0) is 4.79 Å². The molecule has 0 aliphatic heterocycles. The molecule has 0 heterocycles. The summed E-state index contributed by atoms with van der Waals surface area (Å²) in [6.45, 7) is 8.90. The van der Waals surface area contributed by atoms with Gasteiger partial charge in [-0.15, -0.1) is 0 Å². The molecule has 0 unspecified atom stereocenters. The Balaban J connectivity index is 0. The van der Waals surface area contributed by atoms with Gasteiger partial charge in [-0.3, -0.25) is 4.79 Å². The summed E-state index contributed by atoms with van der Waals surface area (Å²) in [6, 6.07) is 0. The average molecular weight is 212 g/mol. The quantitative estimate of drug-likeness (QED) is 0.484. The maximum absolute atomic E-state index is 10.1. The van der Waals surface area contributed by atoms with Crippen molar-refractivity contribution in [3.63, 3.8) is 0 Å². The monoisotopic (exact) mass is 212 g/mol. The van der Waals surface area contributed by atoms with Gasteiger partial charge in [-0.1, -0.05) is 64.3 Å². The molecule has 0 bridgehead atoms. The molecule has 15 heavy (non-hydrogen) atoms. The number of rotatable bonds is 8. The van der Waals surface area contributed by atoms with E-state index in [4.69, 9.17) is 5.11 Å². The zero-order valence-corrected chi connectivity index (χ0v) is 9.87. The highest BCUT2D eigenvalue weighted by Crippen LogP contribution is 2.06. The largest absolute Gasteiger partial charge is 0.481 e. The van der Waals surface area contributed by atoms with Crippen LogP contribution in [0.4, 0.5) is 0 Å². The summed E-state index contributed by atoms with van der Waals surface area (Å²) in [7, 11) is 0. The zero-order valence-electron chi connectivity index (χ0n) is 9.87. The molecule has 0 saturated heterocycles. The molecular weight excluding hydrogens is 188 g/mol. The standard InChI is InChI=1S/C9H18O2.C4H6/c1-2-3-4-5-6-7-8-9(10)11;1-3-4-2/h2-8H2,1H3,(H,10,11);3-4H,1-2H2. The fourth-order valence-corrected chi connectivity index (χ4v) is 1.06. The summed E-state index contributed by atoms with van der Waals surface area (Å²) in [5, 5.41) is 8.32. The van der Waals surface area contributed by atoms with Gasteiger partial charge in [-0.05, 0) is 6.42 Å². The third-order valence-corrected chi connectivity index (χ3v) is 1.91. The normalized spacial score (nSPS) is 8.60. The van der Waals surface area contributed by atoms with Crippen molar-refractivity contribution in [3.05, 3.63) is 25.3 Å². The summed E-state index contributed by atoms with van der Waals surface area (Å²) < 4.78 is 0. The fourth-order valence-electron chi connectivity index (χ4n) is 1.06. The molecule has 0 aromatic rings. The molecule has 0 rings (SSSR count). The number of allylic oxidation sites excluding steroid dienone is 2. The maximum atomic E-state index is 10.1. The van der Waals surface area contributed by atoms with Gasteiger partial charge in [0, 0.05) is 6.42 Å². The van der Waals surface area contributed by atoms with Crippen molar-refractivity contribution in [2.75, 3.05) is 0 Å². The minimum absolute atomic E-state index is 0.339. The van der Waals surface area contributed by atoms with Crippen LogP contribution < -0.4 is 0 Å². The van der Waals surface area contributed by atoms with E-state index in [0.29, 0.717) is 6.42 Å². The number of carbonyl (C=O) groups is 1. The third kappa shape index (κ3) is 24.6. The van der Waals surface area contributed by atoms with E-state index in [9.17, 15) is 4.79 Å². The first-order valence-electron chi connectivity index (χ1n) is 5.64. The summed E-state index contributed by atoms with van der Waals surface area (Å²) in [6.07, 6.45) is 10.5. The molecule has 0 saturated carbocycles. The van der Waals surface area contributed by atoms with Crippen molar-refractivity contribution in [1.82, 2.24) is 0 Å². The van der Waals surface area contributed by atoms with Gasteiger partial charge in [0.15, 0.2) is 0 Å². The SMILES string of the molecule is C=CC=C.CCCCCCCCC(=O)O. The Kier molecular flexibility index (Phi) is 16.8. The van der Waals surface area contributed by atoms with Gasteiger partial charge in [-0.2, -0.15) is 0 Å². The molecule has 0 aliphatic rings. The van der Waals surface area contributed by atoms with E-state index in [1.807, 2.05) is 0 Å². The highest BCUT2D eigenvalue weighted by Gasteiger charge is 1.95. The van der Waals surface area contributed by atoms with Gasteiger partial charge in [0.25, 0.3) is 0 Å². The number of carboxylic acid groups (broad SMARTS) is 1. The topological polar surface area (TPSA) is 37.3 Å². The van der Waals surface area contributed by atoms with Crippen LogP contribution in [0.25, 0.3) is 0 Å². The summed E-state index contributed by atoms with van der Waals surface area (Å²) in [5.41, 5.74) is 0. The van der Waals surface area contributed by atoms with Gasteiger partial charge in [-0.25, -0.2) is 0 Å².